The maximum atomic E-state index is 12.7. The fourth-order valence-electron chi connectivity index (χ4n) is 5.27. The number of hydrogen-bond acceptors (Lipinski definition) is 4. The highest BCUT2D eigenvalue weighted by atomic mass is 16.2. The van der Waals surface area contributed by atoms with Gasteiger partial charge < -0.3 is 9.80 Å². The van der Waals surface area contributed by atoms with E-state index in [1.54, 1.807) is 4.90 Å². The second kappa shape index (κ2) is 10.3. The zero-order valence-electron chi connectivity index (χ0n) is 18.7. The molecule has 0 bridgehead atoms. The van der Waals surface area contributed by atoms with Crippen LogP contribution in [-0.2, 0) is 25.6 Å². The van der Waals surface area contributed by atoms with Gasteiger partial charge in [0.05, 0.1) is 11.8 Å². The molecule has 1 aromatic carbocycles. The highest BCUT2D eigenvalue weighted by Gasteiger charge is 2.47. The predicted octanol–water partition coefficient (Wildman–Crippen LogP) is 2.25. The van der Waals surface area contributed by atoms with Crippen LogP contribution in [0.15, 0.2) is 30.3 Å². The van der Waals surface area contributed by atoms with Crippen LogP contribution in [-0.4, -0.2) is 71.1 Å². The monoisotopic (exact) mass is 439 g/mol. The maximum Gasteiger partial charge on any atom is 0.233 e. The Morgan fingerprint density at radius 3 is 1.88 bits per heavy atom. The summed E-state index contributed by atoms with van der Waals surface area (Å²) in [6.45, 7) is 2.29. The van der Waals surface area contributed by atoms with E-state index in [9.17, 15) is 19.2 Å². The summed E-state index contributed by atoms with van der Waals surface area (Å²) < 4.78 is 0. The minimum absolute atomic E-state index is 0.0448. The SMILES string of the molecule is O=C(CCCc1ccccc1)N1CCN(C(=O)CCN2C(=O)C3CCCCC3C2=O)CC1. The number of nitrogens with zero attached hydrogens (tertiary/aromatic N) is 3. The van der Waals surface area contributed by atoms with E-state index in [1.165, 1.54) is 10.5 Å². The molecule has 0 N–H and O–H groups in total. The van der Waals surface area contributed by atoms with Crippen LogP contribution in [0.4, 0.5) is 0 Å². The molecule has 0 spiro atoms. The molecule has 4 amide bonds. The number of aryl methyl sites for hydroxylation is 1. The zero-order chi connectivity index (χ0) is 22.5. The first kappa shape index (κ1) is 22.5. The molecule has 4 rings (SSSR count). The van der Waals surface area contributed by atoms with Crippen molar-refractivity contribution in [3.05, 3.63) is 35.9 Å². The van der Waals surface area contributed by atoms with Crippen LogP contribution in [0.2, 0.25) is 0 Å². The Labute approximate surface area is 189 Å². The molecule has 1 saturated carbocycles. The van der Waals surface area contributed by atoms with Crippen molar-refractivity contribution in [1.82, 2.24) is 14.7 Å². The van der Waals surface area contributed by atoms with E-state index in [2.05, 4.69) is 12.1 Å². The molecule has 1 aromatic rings. The number of fused-ring (bicyclic) bond motifs is 1. The van der Waals surface area contributed by atoms with Crippen LogP contribution in [0, 0.1) is 11.8 Å². The van der Waals surface area contributed by atoms with Crippen molar-refractivity contribution in [1.29, 1.82) is 0 Å². The number of likely N-dealkylation sites (tertiary alicyclic amines) is 1. The van der Waals surface area contributed by atoms with E-state index in [-0.39, 0.29) is 48.4 Å². The van der Waals surface area contributed by atoms with Gasteiger partial charge in [0.25, 0.3) is 0 Å². The number of hydrogen-bond donors (Lipinski definition) is 0. The van der Waals surface area contributed by atoms with Crippen molar-refractivity contribution >= 4 is 23.6 Å². The van der Waals surface area contributed by atoms with Gasteiger partial charge in [-0.3, -0.25) is 24.1 Å². The number of amides is 4. The summed E-state index contributed by atoms with van der Waals surface area (Å²) in [6, 6.07) is 10.2. The molecule has 2 heterocycles. The first-order valence-electron chi connectivity index (χ1n) is 12.0. The minimum atomic E-state index is -0.164. The molecule has 2 atom stereocenters. The van der Waals surface area contributed by atoms with Gasteiger partial charge in [-0.05, 0) is 31.2 Å². The molecule has 32 heavy (non-hydrogen) atoms. The first-order chi connectivity index (χ1) is 15.5. The highest BCUT2D eigenvalue weighted by molar-refractivity contribution is 6.05. The summed E-state index contributed by atoms with van der Waals surface area (Å²) in [5.41, 5.74) is 1.24. The summed E-state index contributed by atoms with van der Waals surface area (Å²) in [5.74, 6) is -0.400. The molecule has 0 radical (unpaired) electrons. The molecule has 2 saturated heterocycles. The van der Waals surface area contributed by atoms with Crippen LogP contribution in [0.5, 0.6) is 0 Å². The summed E-state index contributed by atoms with van der Waals surface area (Å²) in [4.78, 5) is 55.2. The molecule has 2 unspecified atom stereocenters. The molecular weight excluding hydrogens is 406 g/mol. The van der Waals surface area contributed by atoms with Crippen molar-refractivity contribution in [3.8, 4) is 0 Å². The highest BCUT2D eigenvalue weighted by Crippen LogP contribution is 2.38. The van der Waals surface area contributed by atoms with Gasteiger partial charge in [-0.2, -0.15) is 0 Å². The van der Waals surface area contributed by atoms with E-state index in [1.807, 2.05) is 23.1 Å². The third-order valence-corrected chi connectivity index (χ3v) is 7.17. The van der Waals surface area contributed by atoms with Gasteiger partial charge in [0, 0.05) is 45.6 Å². The third-order valence-electron chi connectivity index (χ3n) is 7.17. The van der Waals surface area contributed by atoms with E-state index >= 15 is 0 Å². The Hall–Kier alpha value is -2.70. The summed E-state index contributed by atoms with van der Waals surface area (Å²) in [7, 11) is 0. The lowest BCUT2D eigenvalue weighted by atomic mass is 9.81. The van der Waals surface area contributed by atoms with Crippen molar-refractivity contribution in [2.75, 3.05) is 32.7 Å². The molecule has 3 fully saturated rings. The molecule has 3 aliphatic rings. The van der Waals surface area contributed by atoms with Crippen molar-refractivity contribution < 1.29 is 19.2 Å². The Morgan fingerprint density at radius 2 is 1.31 bits per heavy atom. The predicted molar refractivity (Wildman–Crippen MR) is 119 cm³/mol. The van der Waals surface area contributed by atoms with Gasteiger partial charge in [-0.15, -0.1) is 0 Å². The Kier molecular flexibility index (Phi) is 7.22. The van der Waals surface area contributed by atoms with Gasteiger partial charge in [-0.1, -0.05) is 43.2 Å². The molecular formula is C25H33N3O4. The van der Waals surface area contributed by atoms with Crippen LogP contribution in [0.25, 0.3) is 0 Å². The van der Waals surface area contributed by atoms with Crippen LogP contribution in [0.1, 0.15) is 50.5 Å². The molecule has 7 nitrogen and oxygen atoms in total. The van der Waals surface area contributed by atoms with Gasteiger partial charge in [0.15, 0.2) is 0 Å². The third kappa shape index (κ3) is 5.03. The van der Waals surface area contributed by atoms with E-state index < -0.39 is 0 Å². The Morgan fingerprint density at radius 1 is 0.781 bits per heavy atom. The normalized spacial score (nSPS) is 23.4. The van der Waals surface area contributed by atoms with Crippen LogP contribution < -0.4 is 0 Å². The number of imide groups is 1. The number of carbonyl (C=O) groups excluding carboxylic acids is 4. The lowest BCUT2D eigenvalue weighted by Gasteiger charge is -2.35. The van der Waals surface area contributed by atoms with E-state index in [0.717, 1.165) is 38.5 Å². The minimum Gasteiger partial charge on any atom is -0.339 e. The van der Waals surface area contributed by atoms with Crippen LogP contribution in [0.3, 0.4) is 0 Å². The van der Waals surface area contributed by atoms with Gasteiger partial charge in [0.2, 0.25) is 23.6 Å². The topological polar surface area (TPSA) is 78.0 Å². The van der Waals surface area contributed by atoms with Gasteiger partial charge >= 0.3 is 0 Å². The average Bonchev–Trinajstić information content (AvgIpc) is 3.08. The number of carbonyl (C=O) groups is 4. The first-order valence-corrected chi connectivity index (χ1v) is 12.0. The largest absolute Gasteiger partial charge is 0.339 e. The quantitative estimate of drug-likeness (QED) is 0.611. The smallest absolute Gasteiger partial charge is 0.233 e. The average molecular weight is 440 g/mol. The van der Waals surface area contributed by atoms with Gasteiger partial charge in [0.1, 0.15) is 0 Å². The molecule has 0 aromatic heterocycles. The second-order valence-corrected chi connectivity index (χ2v) is 9.18. The van der Waals surface area contributed by atoms with Crippen molar-refractivity contribution in [2.45, 2.75) is 51.4 Å². The van der Waals surface area contributed by atoms with Gasteiger partial charge in [-0.25, -0.2) is 0 Å². The standard InChI is InChI=1S/C25H33N3O4/c29-22(12-6-9-19-7-2-1-3-8-19)26-15-17-27(18-16-26)23(30)13-14-28-24(31)20-10-4-5-11-21(20)25(28)32/h1-3,7-8,20-21H,4-6,9-18H2. The fraction of sp³-hybridized carbons (Fsp3) is 0.600. The number of benzene rings is 1. The Balaban J connectivity index is 1.17. The summed E-state index contributed by atoms with van der Waals surface area (Å²) in [5, 5.41) is 0. The maximum absolute atomic E-state index is 12.7. The van der Waals surface area contributed by atoms with Crippen molar-refractivity contribution in [2.24, 2.45) is 11.8 Å². The zero-order valence-corrected chi connectivity index (χ0v) is 18.7. The molecule has 7 heteroatoms. The lowest BCUT2D eigenvalue weighted by Crippen LogP contribution is -2.51. The molecule has 1 aliphatic carbocycles. The second-order valence-electron chi connectivity index (χ2n) is 9.18. The molecule has 2 aliphatic heterocycles. The lowest BCUT2D eigenvalue weighted by molar-refractivity contribution is -0.143. The summed E-state index contributed by atoms with van der Waals surface area (Å²) >= 11 is 0. The summed E-state index contributed by atoms with van der Waals surface area (Å²) in [6.07, 6.45) is 5.99. The van der Waals surface area contributed by atoms with Crippen molar-refractivity contribution in [3.63, 3.8) is 0 Å². The van der Waals surface area contributed by atoms with E-state index in [4.69, 9.17) is 0 Å². The Bertz CT molecular complexity index is 824. The van der Waals surface area contributed by atoms with Crippen LogP contribution >= 0.6 is 0 Å². The molecule has 172 valence electrons. The number of rotatable bonds is 7. The number of piperazine rings is 1. The fourth-order valence-corrected chi connectivity index (χ4v) is 5.27. The van der Waals surface area contributed by atoms with E-state index in [0.29, 0.717) is 32.6 Å².